The summed E-state index contributed by atoms with van der Waals surface area (Å²) in [6.07, 6.45) is 3.82. The fourth-order valence-corrected chi connectivity index (χ4v) is 2.50. The Morgan fingerprint density at radius 2 is 2.17 bits per heavy atom. The van der Waals surface area contributed by atoms with E-state index >= 15 is 0 Å². The van der Waals surface area contributed by atoms with Crippen LogP contribution in [0.25, 0.3) is 0 Å². The molecule has 2 aromatic rings. The van der Waals surface area contributed by atoms with Gasteiger partial charge in [-0.3, -0.25) is 10.00 Å². The molecule has 7 heteroatoms. The van der Waals surface area contributed by atoms with Gasteiger partial charge in [-0.2, -0.15) is 10.2 Å². The molecule has 2 rings (SSSR count). The number of nitrogens with zero attached hydrogens (tertiary/aromatic N) is 4. The quantitative estimate of drug-likeness (QED) is 0.824. The van der Waals surface area contributed by atoms with Crippen LogP contribution in [0.5, 0.6) is 0 Å². The van der Waals surface area contributed by atoms with Gasteiger partial charge in [0.05, 0.1) is 17.9 Å². The maximum absolute atomic E-state index is 12.1. The van der Waals surface area contributed by atoms with Gasteiger partial charge in [0.1, 0.15) is 5.82 Å². The Bertz CT molecular complexity index is 645. The lowest BCUT2D eigenvalue weighted by Gasteiger charge is -2.16. The highest BCUT2D eigenvalue weighted by Crippen LogP contribution is 2.10. The highest BCUT2D eigenvalue weighted by atomic mass is 16.2. The molecule has 2 N–H and O–H groups in total. The van der Waals surface area contributed by atoms with Crippen LogP contribution in [0.1, 0.15) is 44.1 Å². The van der Waals surface area contributed by atoms with Crippen LogP contribution in [0.15, 0.2) is 18.3 Å². The first kappa shape index (κ1) is 17.1. The summed E-state index contributed by atoms with van der Waals surface area (Å²) in [5.41, 5.74) is 2.08. The zero-order valence-corrected chi connectivity index (χ0v) is 14.3. The van der Waals surface area contributed by atoms with Crippen LogP contribution in [-0.4, -0.2) is 32.1 Å². The van der Waals surface area contributed by atoms with Crippen LogP contribution in [0.2, 0.25) is 0 Å². The molecule has 0 aliphatic heterocycles. The topological polar surface area (TPSA) is 76.8 Å². The molecule has 2 aromatic heterocycles. The number of amides is 2. The second-order valence-corrected chi connectivity index (χ2v) is 5.85. The molecule has 2 heterocycles. The molecule has 0 saturated carbocycles. The molecule has 0 bridgehead atoms. The number of carbonyl (C=O) groups excluding carboxylic acids is 1. The minimum absolute atomic E-state index is 0.0967. The first-order chi connectivity index (χ1) is 11.0. The van der Waals surface area contributed by atoms with Crippen LogP contribution < -0.4 is 10.6 Å². The van der Waals surface area contributed by atoms with E-state index in [0.29, 0.717) is 6.54 Å². The van der Waals surface area contributed by atoms with Gasteiger partial charge in [-0.1, -0.05) is 13.3 Å². The van der Waals surface area contributed by atoms with Gasteiger partial charge in [-0.15, -0.1) is 0 Å². The predicted molar refractivity (Wildman–Crippen MR) is 90.6 cm³/mol. The van der Waals surface area contributed by atoms with Gasteiger partial charge in [-0.25, -0.2) is 9.48 Å². The van der Waals surface area contributed by atoms with Crippen molar-refractivity contribution in [2.75, 3.05) is 11.9 Å². The van der Waals surface area contributed by atoms with E-state index in [1.165, 1.54) is 0 Å². The summed E-state index contributed by atoms with van der Waals surface area (Å²) >= 11 is 0. The Kier molecular flexibility index (Phi) is 5.78. The van der Waals surface area contributed by atoms with Crippen molar-refractivity contribution >= 4 is 11.8 Å². The lowest BCUT2D eigenvalue weighted by Crippen LogP contribution is -2.34. The van der Waals surface area contributed by atoms with Crippen molar-refractivity contribution in [1.82, 2.24) is 24.9 Å². The maximum atomic E-state index is 12.1. The van der Waals surface area contributed by atoms with Crippen LogP contribution in [0.3, 0.4) is 0 Å². The van der Waals surface area contributed by atoms with Crippen molar-refractivity contribution in [3.63, 3.8) is 0 Å². The fraction of sp³-hybridized carbons (Fsp3) is 0.562. The molecule has 0 aliphatic rings. The molecular weight excluding hydrogens is 292 g/mol. The van der Waals surface area contributed by atoms with Gasteiger partial charge in [0, 0.05) is 24.8 Å². The molecule has 0 fully saturated rings. The summed E-state index contributed by atoms with van der Waals surface area (Å²) in [5, 5.41) is 14.4. The monoisotopic (exact) mass is 318 g/mol. The molecule has 0 saturated heterocycles. The first-order valence-corrected chi connectivity index (χ1v) is 8.10. The van der Waals surface area contributed by atoms with E-state index in [0.717, 1.165) is 36.6 Å². The zero-order valence-electron chi connectivity index (χ0n) is 14.3. The van der Waals surface area contributed by atoms with Gasteiger partial charge in [0.15, 0.2) is 0 Å². The smallest absolute Gasteiger partial charge is 0.320 e. The Balaban J connectivity index is 1.85. The molecule has 1 unspecified atom stereocenters. The first-order valence-electron chi connectivity index (χ1n) is 8.10. The normalized spacial score (nSPS) is 12.2. The molecule has 2 amide bonds. The van der Waals surface area contributed by atoms with E-state index in [1.807, 2.05) is 36.2 Å². The van der Waals surface area contributed by atoms with E-state index in [9.17, 15) is 4.79 Å². The molecule has 7 nitrogen and oxygen atoms in total. The summed E-state index contributed by atoms with van der Waals surface area (Å²) in [6, 6.07) is 3.71. The van der Waals surface area contributed by atoms with Crippen molar-refractivity contribution in [3.05, 3.63) is 29.7 Å². The summed E-state index contributed by atoms with van der Waals surface area (Å²) in [4.78, 5) is 12.1. The largest absolute Gasteiger partial charge is 0.336 e. The summed E-state index contributed by atoms with van der Waals surface area (Å²) in [7, 11) is 0. The van der Waals surface area contributed by atoms with Gasteiger partial charge < -0.3 is 5.32 Å². The highest BCUT2D eigenvalue weighted by Gasteiger charge is 2.12. The van der Waals surface area contributed by atoms with E-state index in [-0.39, 0.29) is 12.1 Å². The predicted octanol–water partition coefficient (Wildman–Crippen LogP) is 2.88. The molecular formula is C16H26N6O. The number of aromatic nitrogens is 4. The third-order valence-electron chi connectivity index (χ3n) is 3.70. The van der Waals surface area contributed by atoms with E-state index in [4.69, 9.17) is 0 Å². The Morgan fingerprint density at radius 3 is 2.83 bits per heavy atom. The van der Waals surface area contributed by atoms with Gasteiger partial charge in [-0.05, 0) is 33.3 Å². The number of urea groups is 1. The van der Waals surface area contributed by atoms with E-state index in [2.05, 4.69) is 27.8 Å². The molecule has 0 spiro atoms. The summed E-state index contributed by atoms with van der Waals surface area (Å²) < 4.78 is 3.74. The number of unbranched alkanes of at least 4 members (excludes halogenated alkanes) is 1. The number of aryl methyl sites for hydroxylation is 3. The average Bonchev–Trinajstić information content (AvgIpc) is 3.08. The minimum Gasteiger partial charge on any atom is -0.336 e. The van der Waals surface area contributed by atoms with Gasteiger partial charge >= 0.3 is 6.03 Å². The van der Waals surface area contributed by atoms with Crippen LogP contribution in [0.4, 0.5) is 10.6 Å². The number of anilines is 1. The molecule has 0 aromatic carbocycles. The summed E-state index contributed by atoms with van der Waals surface area (Å²) in [5.74, 6) is 0.717. The molecule has 0 radical (unpaired) electrons. The van der Waals surface area contributed by atoms with E-state index < -0.39 is 0 Å². The minimum atomic E-state index is -0.225. The third-order valence-corrected chi connectivity index (χ3v) is 3.70. The second kappa shape index (κ2) is 7.80. The number of rotatable bonds is 7. The number of carbonyl (C=O) groups is 1. The lowest BCUT2D eigenvalue weighted by atomic mass is 10.3. The summed E-state index contributed by atoms with van der Waals surface area (Å²) in [6.45, 7) is 9.46. The van der Waals surface area contributed by atoms with E-state index in [1.54, 1.807) is 12.3 Å². The maximum Gasteiger partial charge on any atom is 0.320 e. The van der Waals surface area contributed by atoms with Crippen molar-refractivity contribution in [1.29, 1.82) is 0 Å². The number of hydrogen-bond acceptors (Lipinski definition) is 3. The van der Waals surface area contributed by atoms with Crippen molar-refractivity contribution < 1.29 is 4.79 Å². The Hall–Kier alpha value is -2.31. The molecule has 0 aliphatic carbocycles. The van der Waals surface area contributed by atoms with Gasteiger partial charge in [0.25, 0.3) is 0 Å². The van der Waals surface area contributed by atoms with Crippen molar-refractivity contribution in [3.8, 4) is 0 Å². The number of nitrogens with one attached hydrogen (secondary N) is 2. The number of hydrogen-bond donors (Lipinski definition) is 2. The third kappa shape index (κ3) is 4.58. The Labute approximate surface area is 137 Å². The van der Waals surface area contributed by atoms with Crippen molar-refractivity contribution in [2.24, 2.45) is 0 Å². The van der Waals surface area contributed by atoms with Gasteiger partial charge in [0.2, 0.25) is 0 Å². The molecule has 1 atom stereocenters. The lowest BCUT2D eigenvalue weighted by molar-refractivity contribution is 0.250. The van der Waals surface area contributed by atoms with Crippen LogP contribution >= 0.6 is 0 Å². The standard InChI is InChI=1S/C16H26N6O/c1-5-6-9-21-15(7-8-18-21)19-16(23)17-11-14(4)22-13(3)10-12(2)20-22/h7-8,10,14H,5-6,9,11H2,1-4H3,(H2,17,19,23). The second-order valence-electron chi connectivity index (χ2n) is 5.85. The van der Waals surface area contributed by atoms with Crippen LogP contribution in [-0.2, 0) is 6.54 Å². The molecule has 23 heavy (non-hydrogen) atoms. The Morgan fingerprint density at radius 1 is 1.39 bits per heavy atom. The fourth-order valence-electron chi connectivity index (χ4n) is 2.50. The zero-order chi connectivity index (χ0) is 16.8. The van der Waals surface area contributed by atoms with Crippen molar-refractivity contribution in [2.45, 2.75) is 53.1 Å². The average molecular weight is 318 g/mol. The SMILES string of the molecule is CCCCn1nccc1NC(=O)NCC(C)n1nc(C)cc1C. The molecule has 126 valence electrons. The highest BCUT2D eigenvalue weighted by molar-refractivity contribution is 5.88. The van der Waals surface area contributed by atoms with Crippen LogP contribution in [0, 0.1) is 13.8 Å².